The van der Waals surface area contributed by atoms with Gasteiger partial charge in [-0.1, -0.05) is 12.1 Å². The van der Waals surface area contributed by atoms with Crippen molar-refractivity contribution in [3.8, 4) is 5.75 Å². The molecule has 1 saturated heterocycles. The minimum absolute atomic E-state index is 0.405. The van der Waals surface area contributed by atoms with Crippen LogP contribution in [0.2, 0.25) is 0 Å². The van der Waals surface area contributed by atoms with Gasteiger partial charge in [-0.25, -0.2) is 0 Å². The fourth-order valence-corrected chi connectivity index (χ4v) is 2.66. The van der Waals surface area contributed by atoms with Crippen molar-refractivity contribution in [1.82, 2.24) is 10.2 Å². The molecule has 0 amide bonds. The van der Waals surface area contributed by atoms with Crippen molar-refractivity contribution < 1.29 is 9.47 Å². The molecule has 4 heteroatoms. The van der Waals surface area contributed by atoms with Crippen LogP contribution in [-0.2, 0) is 11.3 Å². The van der Waals surface area contributed by atoms with Crippen LogP contribution in [0.3, 0.4) is 0 Å². The zero-order valence-electron chi connectivity index (χ0n) is 13.3. The Morgan fingerprint density at radius 3 is 3.05 bits per heavy atom. The molecule has 1 aromatic rings. The van der Waals surface area contributed by atoms with Crippen LogP contribution in [-0.4, -0.2) is 51.4 Å². The fourth-order valence-electron chi connectivity index (χ4n) is 2.66. The molecular weight excluding hydrogens is 264 g/mol. The number of hydrogen-bond donors (Lipinski definition) is 1. The topological polar surface area (TPSA) is 33.7 Å². The molecule has 1 aromatic carbocycles. The van der Waals surface area contributed by atoms with Crippen molar-refractivity contribution in [3.05, 3.63) is 29.8 Å². The summed E-state index contributed by atoms with van der Waals surface area (Å²) in [5, 5.41) is 3.15. The van der Waals surface area contributed by atoms with E-state index in [1.165, 1.54) is 24.8 Å². The first-order chi connectivity index (χ1) is 10.3. The average Bonchev–Trinajstić information content (AvgIpc) is 2.49. The second kappa shape index (κ2) is 9.03. The average molecular weight is 292 g/mol. The van der Waals surface area contributed by atoms with Crippen molar-refractivity contribution in [2.75, 3.05) is 40.4 Å². The zero-order valence-corrected chi connectivity index (χ0v) is 13.3. The molecule has 0 bridgehead atoms. The van der Waals surface area contributed by atoms with Crippen molar-refractivity contribution >= 4 is 0 Å². The van der Waals surface area contributed by atoms with E-state index in [1.807, 2.05) is 19.2 Å². The van der Waals surface area contributed by atoms with Crippen LogP contribution in [0.15, 0.2) is 24.3 Å². The number of hydrogen-bond acceptors (Lipinski definition) is 4. The fraction of sp³-hybridized carbons (Fsp3) is 0.647. The van der Waals surface area contributed by atoms with E-state index in [2.05, 4.69) is 29.4 Å². The van der Waals surface area contributed by atoms with Crippen LogP contribution in [0, 0.1) is 0 Å². The molecule has 2 rings (SSSR count). The van der Waals surface area contributed by atoms with Gasteiger partial charge in [0.05, 0.1) is 6.10 Å². The Balaban J connectivity index is 1.67. The molecule has 118 valence electrons. The van der Waals surface area contributed by atoms with Crippen molar-refractivity contribution in [1.29, 1.82) is 0 Å². The molecule has 1 unspecified atom stereocenters. The van der Waals surface area contributed by atoms with Crippen LogP contribution in [0.25, 0.3) is 0 Å². The minimum Gasteiger partial charge on any atom is -0.492 e. The Kier molecular flexibility index (Phi) is 7.00. The van der Waals surface area contributed by atoms with Gasteiger partial charge < -0.3 is 19.7 Å². The van der Waals surface area contributed by atoms with Gasteiger partial charge in [-0.05, 0) is 51.1 Å². The van der Waals surface area contributed by atoms with Gasteiger partial charge in [0.1, 0.15) is 12.4 Å². The third-order valence-electron chi connectivity index (χ3n) is 3.81. The lowest BCUT2D eigenvalue weighted by atomic mass is 10.1. The van der Waals surface area contributed by atoms with Crippen molar-refractivity contribution in [2.45, 2.75) is 31.9 Å². The monoisotopic (exact) mass is 292 g/mol. The summed E-state index contributed by atoms with van der Waals surface area (Å²) >= 11 is 0. The first-order valence-electron chi connectivity index (χ1n) is 7.94. The number of nitrogens with zero attached hydrogens (tertiary/aromatic N) is 1. The highest BCUT2D eigenvalue weighted by molar-refractivity contribution is 5.28. The van der Waals surface area contributed by atoms with Gasteiger partial charge in [0, 0.05) is 26.2 Å². The molecule has 0 aromatic heterocycles. The van der Waals surface area contributed by atoms with Crippen LogP contribution < -0.4 is 10.1 Å². The first-order valence-corrected chi connectivity index (χ1v) is 7.94. The Morgan fingerprint density at radius 1 is 1.38 bits per heavy atom. The summed E-state index contributed by atoms with van der Waals surface area (Å²) in [5.41, 5.74) is 1.25. The molecule has 1 atom stereocenters. The lowest BCUT2D eigenvalue weighted by Gasteiger charge is -2.27. The second-order valence-corrected chi connectivity index (χ2v) is 5.78. The van der Waals surface area contributed by atoms with Crippen LogP contribution in [0.4, 0.5) is 0 Å². The maximum absolute atomic E-state index is 5.84. The van der Waals surface area contributed by atoms with Gasteiger partial charge in [0.2, 0.25) is 0 Å². The van der Waals surface area contributed by atoms with Crippen LogP contribution in [0.5, 0.6) is 5.75 Å². The normalized spacial score (nSPS) is 18.9. The summed E-state index contributed by atoms with van der Waals surface area (Å²) in [7, 11) is 4.09. The van der Waals surface area contributed by atoms with Gasteiger partial charge in [-0.2, -0.15) is 0 Å². The molecule has 0 spiro atoms. The predicted molar refractivity (Wildman–Crippen MR) is 85.8 cm³/mol. The first kappa shape index (κ1) is 16.3. The summed E-state index contributed by atoms with van der Waals surface area (Å²) in [5.74, 6) is 0.949. The highest BCUT2D eigenvalue weighted by Gasteiger charge is 2.15. The molecule has 1 fully saturated rings. The quantitative estimate of drug-likeness (QED) is 0.797. The molecular formula is C17H28N2O2. The van der Waals surface area contributed by atoms with E-state index in [-0.39, 0.29) is 0 Å². The van der Waals surface area contributed by atoms with E-state index >= 15 is 0 Å². The highest BCUT2D eigenvalue weighted by Crippen LogP contribution is 2.14. The summed E-state index contributed by atoms with van der Waals surface area (Å²) in [4.78, 5) is 2.30. The number of ether oxygens (including phenoxy) is 2. The van der Waals surface area contributed by atoms with Crippen LogP contribution in [0.1, 0.15) is 24.8 Å². The standard InChI is InChI=1S/C17H28N2O2/c1-18-13-15-6-5-8-16(12-15)21-11-9-19(2)14-17-7-3-4-10-20-17/h5-6,8,12,17-18H,3-4,7,9-11,13-14H2,1-2H3. The van der Waals surface area contributed by atoms with E-state index < -0.39 is 0 Å². The van der Waals surface area contributed by atoms with Gasteiger partial charge in [0.25, 0.3) is 0 Å². The van der Waals surface area contributed by atoms with E-state index in [0.717, 1.165) is 32.0 Å². The second-order valence-electron chi connectivity index (χ2n) is 5.78. The maximum Gasteiger partial charge on any atom is 0.119 e. The molecule has 1 aliphatic rings. The Labute approximate surface area is 128 Å². The highest BCUT2D eigenvalue weighted by atomic mass is 16.5. The summed E-state index contributed by atoms with van der Waals surface area (Å²) in [6, 6.07) is 8.27. The number of rotatable bonds is 8. The van der Waals surface area contributed by atoms with Gasteiger partial charge >= 0.3 is 0 Å². The van der Waals surface area contributed by atoms with E-state index in [4.69, 9.17) is 9.47 Å². The molecule has 0 aliphatic carbocycles. The lowest BCUT2D eigenvalue weighted by Crippen LogP contribution is -2.35. The number of benzene rings is 1. The molecule has 21 heavy (non-hydrogen) atoms. The summed E-state index contributed by atoms with van der Waals surface area (Å²) in [6.45, 7) is 4.44. The molecule has 4 nitrogen and oxygen atoms in total. The van der Waals surface area contributed by atoms with E-state index in [1.54, 1.807) is 0 Å². The maximum atomic E-state index is 5.84. The number of likely N-dealkylation sites (N-methyl/N-ethyl adjacent to an activating group) is 1. The largest absolute Gasteiger partial charge is 0.492 e. The summed E-state index contributed by atoms with van der Waals surface area (Å²) < 4.78 is 11.6. The predicted octanol–water partition coefficient (Wildman–Crippen LogP) is 2.29. The Morgan fingerprint density at radius 2 is 2.29 bits per heavy atom. The van der Waals surface area contributed by atoms with Crippen molar-refractivity contribution in [3.63, 3.8) is 0 Å². The van der Waals surface area contributed by atoms with Crippen molar-refractivity contribution in [2.24, 2.45) is 0 Å². The molecule has 1 heterocycles. The van der Waals surface area contributed by atoms with Gasteiger partial charge in [-0.3, -0.25) is 0 Å². The van der Waals surface area contributed by atoms with Gasteiger partial charge in [-0.15, -0.1) is 0 Å². The zero-order chi connectivity index (χ0) is 14.9. The molecule has 1 aliphatic heterocycles. The lowest BCUT2D eigenvalue weighted by molar-refractivity contribution is -0.00282. The van der Waals surface area contributed by atoms with Gasteiger partial charge in [0.15, 0.2) is 0 Å². The Bertz CT molecular complexity index is 406. The SMILES string of the molecule is CNCc1cccc(OCCN(C)CC2CCCCO2)c1. The molecule has 0 radical (unpaired) electrons. The Hall–Kier alpha value is -1.10. The summed E-state index contributed by atoms with van der Waals surface area (Å²) in [6.07, 6.45) is 4.11. The van der Waals surface area contributed by atoms with Crippen LogP contribution >= 0.6 is 0 Å². The number of nitrogens with one attached hydrogen (secondary N) is 1. The minimum atomic E-state index is 0.405. The third kappa shape index (κ3) is 6.04. The van der Waals surface area contributed by atoms with E-state index in [9.17, 15) is 0 Å². The third-order valence-corrected chi connectivity index (χ3v) is 3.81. The van der Waals surface area contributed by atoms with E-state index in [0.29, 0.717) is 12.7 Å². The molecule has 0 saturated carbocycles. The smallest absolute Gasteiger partial charge is 0.119 e. The molecule has 1 N–H and O–H groups in total.